The van der Waals surface area contributed by atoms with Crippen LogP contribution in [0.4, 0.5) is 0 Å². The molecule has 1 aromatic rings. The quantitative estimate of drug-likeness (QED) is 0.695. The average Bonchev–Trinajstić information content (AvgIpc) is 2.16. The van der Waals surface area contributed by atoms with Crippen LogP contribution in [0.3, 0.4) is 0 Å². The highest BCUT2D eigenvalue weighted by atomic mass is 16.2. The minimum atomic E-state index is 0.556. The van der Waals surface area contributed by atoms with Crippen molar-refractivity contribution < 1.29 is 5.11 Å². The predicted molar refractivity (Wildman–Crippen MR) is 55.5 cm³/mol. The summed E-state index contributed by atoms with van der Waals surface area (Å²) in [4.78, 5) is 0. The minimum Gasteiger partial charge on any atom is -0.515 e. The molecule has 0 aliphatic rings. The Morgan fingerprint density at radius 2 is 2.00 bits per heavy atom. The Bertz CT molecular complexity index is 287. The van der Waals surface area contributed by atoms with Crippen molar-refractivity contribution in [3.05, 3.63) is 41.7 Å². The van der Waals surface area contributed by atoms with Gasteiger partial charge in [0.15, 0.2) is 0 Å². The highest BCUT2D eigenvalue weighted by molar-refractivity contribution is 5.64. The zero-order chi connectivity index (χ0) is 9.68. The van der Waals surface area contributed by atoms with Crippen LogP contribution in [0.25, 0.3) is 5.57 Å². The van der Waals surface area contributed by atoms with Gasteiger partial charge in [0.2, 0.25) is 0 Å². The van der Waals surface area contributed by atoms with Crippen molar-refractivity contribution in [2.24, 2.45) is 5.73 Å². The van der Waals surface area contributed by atoms with Crippen molar-refractivity contribution in [1.82, 2.24) is 0 Å². The van der Waals surface area contributed by atoms with Crippen LogP contribution < -0.4 is 5.73 Å². The van der Waals surface area contributed by atoms with Crippen molar-refractivity contribution in [2.75, 3.05) is 6.54 Å². The molecule has 0 aromatic heterocycles. The second-order valence-corrected chi connectivity index (χ2v) is 3.06. The number of benzene rings is 1. The molecule has 0 saturated heterocycles. The molecule has 0 spiro atoms. The molecule has 0 saturated carbocycles. The SMILES string of the molecule is Cc1ccc(/C(=C/O)CCN)cc1. The number of rotatable bonds is 3. The van der Waals surface area contributed by atoms with Crippen molar-refractivity contribution in [1.29, 1.82) is 0 Å². The Balaban J connectivity index is 2.87. The maximum atomic E-state index is 8.96. The van der Waals surface area contributed by atoms with E-state index in [1.165, 1.54) is 5.56 Å². The molecule has 0 amide bonds. The lowest BCUT2D eigenvalue weighted by atomic mass is 10.0. The Morgan fingerprint density at radius 3 is 2.46 bits per heavy atom. The van der Waals surface area contributed by atoms with E-state index in [-0.39, 0.29) is 0 Å². The third-order valence-electron chi connectivity index (χ3n) is 1.99. The number of aliphatic hydroxyl groups is 1. The molecule has 1 aromatic carbocycles. The van der Waals surface area contributed by atoms with Gasteiger partial charge in [-0.3, -0.25) is 0 Å². The number of nitrogens with two attached hydrogens (primary N) is 1. The summed E-state index contributed by atoms with van der Waals surface area (Å²) >= 11 is 0. The Kier molecular flexibility index (Phi) is 3.53. The van der Waals surface area contributed by atoms with Gasteiger partial charge in [-0.05, 0) is 31.0 Å². The van der Waals surface area contributed by atoms with Crippen LogP contribution in [-0.2, 0) is 0 Å². The van der Waals surface area contributed by atoms with Crippen LogP contribution >= 0.6 is 0 Å². The Hall–Kier alpha value is -1.28. The summed E-state index contributed by atoms with van der Waals surface area (Å²) < 4.78 is 0. The van der Waals surface area contributed by atoms with E-state index in [0.717, 1.165) is 17.4 Å². The second-order valence-electron chi connectivity index (χ2n) is 3.06. The molecule has 0 atom stereocenters. The van der Waals surface area contributed by atoms with Crippen LogP contribution in [0, 0.1) is 6.92 Å². The molecule has 2 nitrogen and oxygen atoms in total. The van der Waals surface area contributed by atoms with Gasteiger partial charge in [0.25, 0.3) is 0 Å². The maximum absolute atomic E-state index is 8.96. The predicted octanol–water partition coefficient (Wildman–Crippen LogP) is 2.24. The Labute approximate surface area is 78.7 Å². The van der Waals surface area contributed by atoms with E-state index in [4.69, 9.17) is 10.8 Å². The zero-order valence-corrected chi connectivity index (χ0v) is 7.83. The van der Waals surface area contributed by atoms with Gasteiger partial charge in [-0.15, -0.1) is 0 Å². The van der Waals surface area contributed by atoms with E-state index in [9.17, 15) is 0 Å². The largest absolute Gasteiger partial charge is 0.515 e. The topological polar surface area (TPSA) is 46.2 Å². The molecule has 0 radical (unpaired) electrons. The number of aliphatic hydroxyl groups excluding tert-OH is 1. The van der Waals surface area contributed by atoms with Crippen molar-refractivity contribution in [3.63, 3.8) is 0 Å². The molecule has 0 fully saturated rings. The van der Waals surface area contributed by atoms with Crippen LogP contribution in [-0.4, -0.2) is 11.7 Å². The number of hydrogen-bond donors (Lipinski definition) is 2. The fraction of sp³-hybridized carbons (Fsp3) is 0.273. The molecular weight excluding hydrogens is 162 g/mol. The highest BCUT2D eigenvalue weighted by Crippen LogP contribution is 2.17. The zero-order valence-electron chi connectivity index (χ0n) is 7.83. The molecule has 0 aliphatic carbocycles. The molecule has 0 bridgehead atoms. The lowest BCUT2D eigenvalue weighted by Gasteiger charge is -2.04. The van der Waals surface area contributed by atoms with Crippen LogP contribution in [0.2, 0.25) is 0 Å². The summed E-state index contributed by atoms with van der Waals surface area (Å²) in [6, 6.07) is 8.03. The smallest absolute Gasteiger partial charge is 0.0830 e. The van der Waals surface area contributed by atoms with Crippen molar-refractivity contribution in [2.45, 2.75) is 13.3 Å². The van der Waals surface area contributed by atoms with Gasteiger partial charge >= 0.3 is 0 Å². The Morgan fingerprint density at radius 1 is 1.38 bits per heavy atom. The van der Waals surface area contributed by atoms with Crippen molar-refractivity contribution >= 4 is 5.57 Å². The highest BCUT2D eigenvalue weighted by Gasteiger charge is 1.99. The lowest BCUT2D eigenvalue weighted by molar-refractivity contribution is 0.474. The van der Waals surface area contributed by atoms with Gasteiger partial charge in [0.05, 0.1) is 6.26 Å². The number of hydrogen-bond acceptors (Lipinski definition) is 2. The first kappa shape index (κ1) is 9.81. The second kappa shape index (κ2) is 4.67. The van der Waals surface area contributed by atoms with Crippen LogP contribution in [0.5, 0.6) is 0 Å². The minimum absolute atomic E-state index is 0.556. The average molecular weight is 177 g/mol. The molecular formula is C11H15NO. The maximum Gasteiger partial charge on any atom is 0.0830 e. The first-order chi connectivity index (χ1) is 6.27. The molecule has 0 unspecified atom stereocenters. The molecule has 13 heavy (non-hydrogen) atoms. The summed E-state index contributed by atoms with van der Waals surface area (Å²) in [5, 5.41) is 8.96. The summed E-state index contributed by atoms with van der Waals surface area (Å²) in [6.07, 6.45) is 1.84. The summed E-state index contributed by atoms with van der Waals surface area (Å²) in [5.41, 5.74) is 8.57. The van der Waals surface area contributed by atoms with Crippen LogP contribution in [0.1, 0.15) is 17.5 Å². The van der Waals surface area contributed by atoms with Gasteiger partial charge in [0.1, 0.15) is 0 Å². The fourth-order valence-electron chi connectivity index (χ4n) is 1.21. The molecule has 3 N–H and O–H groups in total. The van der Waals surface area contributed by atoms with Gasteiger partial charge in [0, 0.05) is 0 Å². The first-order valence-electron chi connectivity index (χ1n) is 4.38. The van der Waals surface area contributed by atoms with E-state index >= 15 is 0 Å². The third kappa shape index (κ3) is 2.60. The van der Waals surface area contributed by atoms with Gasteiger partial charge in [-0.25, -0.2) is 0 Å². The monoisotopic (exact) mass is 177 g/mol. The molecule has 1 rings (SSSR count). The van der Waals surface area contributed by atoms with Gasteiger partial charge < -0.3 is 10.8 Å². The van der Waals surface area contributed by atoms with Gasteiger partial charge in [-0.2, -0.15) is 0 Å². The van der Waals surface area contributed by atoms with E-state index < -0.39 is 0 Å². The molecule has 70 valence electrons. The summed E-state index contributed by atoms with van der Waals surface area (Å²) in [7, 11) is 0. The normalized spacial score (nSPS) is 11.7. The van der Waals surface area contributed by atoms with E-state index in [0.29, 0.717) is 13.0 Å². The summed E-state index contributed by atoms with van der Waals surface area (Å²) in [6.45, 7) is 2.59. The van der Waals surface area contributed by atoms with E-state index in [2.05, 4.69) is 0 Å². The lowest BCUT2D eigenvalue weighted by Crippen LogP contribution is -2.00. The van der Waals surface area contributed by atoms with Crippen LogP contribution in [0.15, 0.2) is 30.5 Å². The van der Waals surface area contributed by atoms with E-state index in [1.807, 2.05) is 31.2 Å². The molecule has 0 aliphatic heterocycles. The first-order valence-corrected chi connectivity index (χ1v) is 4.38. The van der Waals surface area contributed by atoms with Gasteiger partial charge in [-0.1, -0.05) is 29.8 Å². The fourth-order valence-corrected chi connectivity index (χ4v) is 1.21. The van der Waals surface area contributed by atoms with E-state index in [1.54, 1.807) is 0 Å². The third-order valence-corrected chi connectivity index (χ3v) is 1.99. The molecule has 2 heteroatoms. The number of aryl methyl sites for hydroxylation is 1. The standard InChI is InChI=1S/C11H15NO/c1-9-2-4-10(5-3-9)11(8-13)6-7-12/h2-5,8,13H,6-7,12H2,1H3/b11-8+. The van der Waals surface area contributed by atoms with Crippen molar-refractivity contribution in [3.8, 4) is 0 Å². The summed E-state index contributed by atoms with van der Waals surface area (Å²) in [5.74, 6) is 0. The molecule has 0 heterocycles.